The molecule has 0 saturated heterocycles. The maximum Gasteiger partial charge on any atom is 0.293 e. The number of carbonyl (C=O) groups excluding carboxylic acids is 1. The molecular weight excluding hydrogens is 212 g/mol. The lowest BCUT2D eigenvalue weighted by Crippen LogP contribution is -1.97. The number of unbranched alkanes of at least 4 members (excludes halogenated alkanes) is 2. The third kappa shape index (κ3) is 5.91. The maximum absolute atomic E-state index is 10.2. The molecule has 0 aliphatic heterocycles. The van der Waals surface area contributed by atoms with Gasteiger partial charge < -0.3 is 4.74 Å². The summed E-state index contributed by atoms with van der Waals surface area (Å²) in [7, 11) is 0. The summed E-state index contributed by atoms with van der Waals surface area (Å²) in [5.74, 6) is 0. The van der Waals surface area contributed by atoms with Gasteiger partial charge in [0, 0.05) is 0 Å². The van der Waals surface area contributed by atoms with Crippen molar-refractivity contribution >= 4 is 12.5 Å². The van der Waals surface area contributed by atoms with Crippen molar-refractivity contribution in [1.82, 2.24) is 0 Å². The van der Waals surface area contributed by atoms with E-state index in [0.29, 0.717) is 13.1 Å². The molecule has 0 amide bonds. The molecule has 0 radical (unpaired) electrons. The Kier molecular flexibility index (Phi) is 6.80. The van der Waals surface area contributed by atoms with Crippen LogP contribution in [0.15, 0.2) is 35.9 Å². The van der Waals surface area contributed by atoms with Crippen molar-refractivity contribution in [3.8, 4) is 0 Å². The zero-order chi connectivity index (χ0) is 12.3. The molecule has 0 fully saturated rings. The fourth-order valence-electron chi connectivity index (χ4n) is 1.71. The Morgan fingerprint density at radius 2 is 2.00 bits per heavy atom. The molecular formula is C15H20O2. The lowest BCUT2D eigenvalue weighted by atomic mass is 10.1. The number of rotatable bonds is 8. The molecule has 0 aromatic heterocycles. The molecule has 2 heteroatoms. The molecule has 0 N–H and O–H groups in total. The van der Waals surface area contributed by atoms with E-state index in [1.54, 1.807) is 0 Å². The summed E-state index contributed by atoms with van der Waals surface area (Å²) in [4.78, 5) is 10.2. The third-order valence-electron chi connectivity index (χ3n) is 2.61. The monoisotopic (exact) mass is 232 g/mol. The zero-order valence-electron chi connectivity index (χ0n) is 10.4. The number of carbonyl (C=O) groups is 1. The van der Waals surface area contributed by atoms with E-state index in [1.165, 1.54) is 18.4 Å². The Labute approximate surface area is 103 Å². The molecule has 0 heterocycles. The predicted molar refractivity (Wildman–Crippen MR) is 70.6 cm³/mol. The van der Waals surface area contributed by atoms with Crippen LogP contribution in [-0.2, 0) is 9.53 Å². The average Bonchev–Trinajstić information content (AvgIpc) is 2.37. The van der Waals surface area contributed by atoms with Crippen LogP contribution in [0.25, 0.3) is 6.08 Å². The Morgan fingerprint density at radius 3 is 2.65 bits per heavy atom. The SMILES string of the molecule is CCCCC/C(=C/c1ccccc1)COC=O. The first-order chi connectivity index (χ1) is 8.36. The van der Waals surface area contributed by atoms with E-state index in [9.17, 15) is 4.79 Å². The van der Waals surface area contributed by atoms with Gasteiger partial charge in [0.1, 0.15) is 6.61 Å². The Morgan fingerprint density at radius 1 is 1.24 bits per heavy atom. The normalized spacial score (nSPS) is 11.2. The van der Waals surface area contributed by atoms with E-state index in [-0.39, 0.29) is 0 Å². The average molecular weight is 232 g/mol. The molecule has 0 saturated carbocycles. The van der Waals surface area contributed by atoms with Crippen molar-refractivity contribution in [2.75, 3.05) is 6.61 Å². The van der Waals surface area contributed by atoms with Gasteiger partial charge >= 0.3 is 0 Å². The number of benzene rings is 1. The molecule has 0 spiro atoms. The second-order valence-electron chi connectivity index (χ2n) is 4.08. The van der Waals surface area contributed by atoms with Gasteiger partial charge in [-0.3, -0.25) is 4.79 Å². The molecule has 2 nitrogen and oxygen atoms in total. The second kappa shape index (κ2) is 8.57. The van der Waals surface area contributed by atoms with E-state index in [4.69, 9.17) is 4.74 Å². The molecule has 17 heavy (non-hydrogen) atoms. The summed E-state index contributed by atoms with van der Waals surface area (Å²) in [6.07, 6.45) is 6.67. The molecule has 0 bridgehead atoms. The second-order valence-corrected chi connectivity index (χ2v) is 4.08. The van der Waals surface area contributed by atoms with Crippen LogP contribution in [0.4, 0.5) is 0 Å². The van der Waals surface area contributed by atoms with Crippen LogP contribution in [0.2, 0.25) is 0 Å². The molecule has 0 aliphatic carbocycles. The number of hydrogen-bond acceptors (Lipinski definition) is 2. The summed E-state index contributed by atoms with van der Waals surface area (Å²) in [6, 6.07) is 10.1. The van der Waals surface area contributed by atoms with E-state index in [1.807, 2.05) is 18.2 Å². The topological polar surface area (TPSA) is 26.3 Å². The molecule has 0 aliphatic rings. The predicted octanol–water partition coefficient (Wildman–Crippen LogP) is 3.82. The van der Waals surface area contributed by atoms with Gasteiger partial charge in [0.05, 0.1) is 0 Å². The van der Waals surface area contributed by atoms with Crippen molar-refractivity contribution in [3.63, 3.8) is 0 Å². The van der Waals surface area contributed by atoms with Crippen molar-refractivity contribution in [2.24, 2.45) is 0 Å². The van der Waals surface area contributed by atoms with Crippen molar-refractivity contribution < 1.29 is 9.53 Å². The van der Waals surface area contributed by atoms with E-state index in [2.05, 4.69) is 25.1 Å². The van der Waals surface area contributed by atoms with Gasteiger partial charge in [-0.1, -0.05) is 56.2 Å². The van der Waals surface area contributed by atoms with Crippen molar-refractivity contribution in [3.05, 3.63) is 41.5 Å². The lowest BCUT2D eigenvalue weighted by molar-refractivity contribution is -0.127. The molecule has 1 rings (SSSR count). The summed E-state index contributed by atoms with van der Waals surface area (Å²) in [6.45, 7) is 3.10. The molecule has 1 aromatic carbocycles. The van der Waals surface area contributed by atoms with Crippen molar-refractivity contribution in [2.45, 2.75) is 32.6 Å². The van der Waals surface area contributed by atoms with Gasteiger partial charge in [0.15, 0.2) is 0 Å². The molecule has 1 aromatic rings. The van der Waals surface area contributed by atoms with Crippen LogP contribution < -0.4 is 0 Å². The smallest absolute Gasteiger partial charge is 0.293 e. The minimum absolute atomic E-state index is 0.405. The highest BCUT2D eigenvalue weighted by Crippen LogP contribution is 2.14. The van der Waals surface area contributed by atoms with Crippen LogP contribution in [0.1, 0.15) is 38.2 Å². The summed E-state index contributed by atoms with van der Waals surface area (Å²) in [5.41, 5.74) is 2.34. The minimum Gasteiger partial charge on any atom is -0.463 e. The van der Waals surface area contributed by atoms with Gasteiger partial charge in [0.2, 0.25) is 0 Å². The van der Waals surface area contributed by atoms with Gasteiger partial charge in [0.25, 0.3) is 6.47 Å². The third-order valence-corrected chi connectivity index (χ3v) is 2.61. The fourth-order valence-corrected chi connectivity index (χ4v) is 1.71. The minimum atomic E-state index is 0.405. The van der Waals surface area contributed by atoms with Gasteiger partial charge in [-0.2, -0.15) is 0 Å². The van der Waals surface area contributed by atoms with E-state index in [0.717, 1.165) is 18.4 Å². The fraction of sp³-hybridized carbons (Fsp3) is 0.400. The van der Waals surface area contributed by atoms with Crippen LogP contribution in [0.3, 0.4) is 0 Å². The van der Waals surface area contributed by atoms with Gasteiger partial charge in [-0.05, 0) is 24.0 Å². The largest absolute Gasteiger partial charge is 0.463 e. The van der Waals surface area contributed by atoms with Crippen LogP contribution >= 0.6 is 0 Å². The molecule has 92 valence electrons. The zero-order valence-corrected chi connectivity index (χ0v) is 10.4. The number of hydrogen-bond donors (Lipinski definition) is 0. The summed E-state index contributed by atoms with van der Waals surface area (Å²) < 4.78 is 4.85. The van der Waals surface area contributed by atoms with Crippen LogP contribution in [0, 0.1) is 0 Å². The highest BCUT2D eigenvalue weighted by atomic mass is 16.5. The first kappa shape index (κ1) is 13.5. The lowest BCUT2D eigenvalue weighted by Gasteiger charge is -2.06. The molecule has 0 unspecified atom stereocenters. The quantitative estimate of drug-likeness (QED) is 0.503. The van der Waals surface area contributed by atoms with Crippen molar-refractivity contribution in [1.29, 1.82) is 0 Å². The van der Waals surface area contributed by atoms with Gasteiger partial charge in [-0.15, -0.1) is 0 Å². The Bertz CT molecular complexity index is 341. The summed E-state index contributed by atoms with van der Waals surface area (Å²) in [5, 5.41) is 0. The van der Waals surface area contributed by atoms with E-state index >= 15 is 0 Å². The van der Waals surface area contributed by atoms with Crippen LogP contribution in [0.5, 0.6) is 0 Å². The highest BCUT2D eigenvalue weighted by Gasteiger charge is 1.99. The maximum atomic E-state index is 10.2. The number of ether oxygens (including phenoxy) is 1. The molecule has 0 atom stereocenters. The first-order valence-corrected chi connectivity index (χ1v) is 6.16. The highest BCUT2D eigenvalue weighted by molar-refractivity contribution is 5.53. The first-order valence-electron chi connectivity index (χ1n) is 6.16. The van der Waals surface area contributed by atoms with E-state index < -0.39 is 0 Å². The summed E-state index contributed by atoms with van der Waals surface area (Å²) >= 11 is 0. The van der Waals surface area contributed by atoms with Crippen LogP contribution in [-0.4, -0.2) is 13.1 Å². The Balaban J connectivity index is 2.60. The van der Waals surface area contributed by atoms with Gasteiger partial charge in [-0.25, -0.2) is 0 Å². The standard InChI is InChI=1S/C15H20O2/c1-2-3-5-10-15(12-17-13-16)11-14-8-6-4-7-9-14/h4,6-9,11,13H,2-3,5,10,12H2,1H3/b15-11-. The Hall–Kier alpha value is -1.57.